The van der Waals surface area contributed by atoms with Crippen LogP contribution in [0.25, 0.3) is 0 Å². The lowest BCUT2D eigenvalue weighted by Crippen LogP contribution is -2.49. The number of carbonyl (C=O) groups excluding carboxylic acids is 1. The second-order valence-corrected chi connectivity index (χ2v) is 3.69. The maximum atomic E-state index is 11.6. The predicted molar refractivity (Wildman–Crippen MR) is 53.1 cm³/mol. The molecule has 0 aromatic carbocycles. The molecule has 0 aromatic rings. The van der Waals surface area contributed by atoms with E-state index in [4.69, 9.17) is 9.47 Å². The van der Waals surface area contributed by atoms with Crippen LogP contribution in [-0.4, -0.2) is 49.3 Å². The highest BCUT2D eigenvalue weighted by molar-refractivity contribution is 5.77. The Morgan fingerprint density at radius 2 is 2.00 bits per heavy atom. The molecule has 0 unspecified atom stereocenters. The molecule has 1 amide bonds. The Labute approximate surface area is 85.2 Å². The topological polar surface area (TPSA) is 38.8 Å². The Balaban J connectivity index is 2.38. The van der Waals surface area contributed by atoms with Crippen molar-refractivity contribution in [2.45, 2.75) is 33.0 Å². The number of carbonyl (C=O) groups is 1. The summed E-state index contributed by atoms with van der Waals surface area (Å²) in [6.45, 7) is 7.98. The summed E-state index contributed by atoms with van der Waals surface area (Å²) in [6.07, 6.45) is 0.258. The second kappa shape index (κ2) is 5.32. The summed E-state index contributed by atoms with van der Waals surface area (Å²) in [5.41, 5.74) is 0. The van der Waals surface area contributed by atoms with E-state index in [1.165, 1.54) is 0 Å². The first kappa shape index (κ1) is 11.5. The predicted octanol–water partition coefficient (Wildman–Crippen LogP) is 0.659. The number of rotatable bonds is 3. The minimum absolute atomic E-state index is 0.0638. The van der Waals surface area contributed by atoms with Gasteiger partial charge in [-0.2, -0.15) is 0 Å². The fourth-order valence-corrected chi connectivity index (χ4v) is 1.66. The third-order valence-electron chi connectivity index (χ3n) is 2.20. The molecule has 0 aromatic heterocycles. The van der Waals surface area contributed by atoms with Crippen molar-refractivity contribution in [2.75, 3.05) is 26.3 Å². The lowest BCUT2D eigenvalue weighted by Gasteiger charge is -2.35. The van der Waals surface area contributed by atoms with Gasteiger partial charge in [0.15, 0.2) is 0 Å². The lowest BCUT2D eigenvalue weighted by atomic mass is 10.2. The van der Waals surface area contributed by atoms with Crippen molar-refractivity contribution in [1.29, 1.82) is 0 Å². The normalized spacial score (nSPS) is 27.8. The smallest absolute Gasteiger partial charge is 0.248 e. The molecular formula is C10H19NO3. The average molecular weight is 201 g/mol. The molecule has 1 fully saturated rings. The molecule has 0 saturated carbocycles. The summed E-state index contributed by atoms with van der Waals surface area (Å²) in [5, 5.41) is 0. The fraction of sp³-hybridized carbons (Fsp3) is 0.900. The fourth-order valence-electron chi connectivity index (χ4n) is 1.66. The lowest BCUT2D eigenvalue weighted by molar-refractivity contribution is -0.147. The number of nitrogens with zero attached hydrogens (tertiary/aromatic N) is 1. The maximum absolute atomic E-state index is 11.6. The molecule has 2 atom stereocenters. The van der Waals surface area contributed by atoms with Crippen molar-refractivity contribution in [3.63, 3.8) is 0 Å². The van der Waals surface area contributed by atoms with Crippen LogP contribution < -0.4 is 0 Å². The van der Waals surface area contributed by atoms with Gasteiger partial charge in [-0.3, -0.25) is 4.79 Å². The van der Waals surface area contributed by atoms with Crippen LogP contribution in [0.1, 0.15) is 20.8 Å². The number of amides is 1. The number of ether oxygens (including phenoxy) is 2. The summed E-state index contributed by atoms with van der Waals surface area (Å²) in [5.74, 6) is 0.0638. The van der Waals surface area contributed by atoms with Gasteiger partial charge in [-0.15, -0.1) is 0 Å². The molecule has 1 heterocycles. The van der Waals surface area contributed by atoms with E-state index >= 15 is 0 Å². The number of hydrogen-bond donors (Lipinski definition) is 0. The van der Waals surface area contributed by atoms with E-state index in [0.29, 0.717) is 19.7 Å². The van der Waals surface area contributed by atoms with Crippen molar-refractivity contribution in [2.24, 2.45) is 0 Å². The van der Waals surface area contributed by atoms with Crippen LogP contribution in [-0.2, 0) is 14.3 Å². The summed E-state index contributed by atoms with van der Waals surface area (Å²) >= 11 is 0. The van der Waals surface area contributed by atoms with Crippen LogP contribution in [0.2, 0.25) is 0 Å². The molecule has 1 rings (SSSR count). The minimum Gasteiger partial charge on any atom is -0.372 e. The van der Waals surface area contributed by atoms with E-state index in [2.05, 4.69) is 0 Å². The molecule has 0 bridgehead atoms. The molecule has 14 heavy (non-hydrogen) atoms. The van der Waals surface area contributed by atoms with Gasteiger partial charge in [-0.1, -0.05) is 0 Å². The van der Waals surface area contributed by atoms with Gasteiger partial charge in [0, 0.05) is 19.7 Å². The SMILES string of the molecule is CCOCC(=O)N1C[C@@H](C)O[C@@H](C)C1. The molecule has 0 N–H and O–H groups in total. The minimum atomic E-state index is 0.0638. The van der Waals surface area contributed by atoms with Crippen LogP contribution >= 0.6 is 0 Å². The highest BCUT2D eigenvalue weighted by Gasteiger charge is 2.25. The summed E-state index contributed by atoms with van der Waals surface area (Å²) in [4.78, 5) is 13.4. The first-order chi connectivity index (χ1) is 6.63. The Kier molecular flexibility index (Phi) is 4.35. The first-order valence-corrected chi connectivity index (χ1v) is 5.14. The van der Waals surface area contributed by atoms with Crippen molar-refractivity contribution < 1.29 is 14.3 Å². The van der Waals surface area contributed by atoms with Crippen LogP contribution in [0.3, 0.4) is 0 Å². The maximum Gasteiger partial charge on any atom is 0.248 e. The van der Waals surface area contributed by atoms with Crippen LogP contribution in [0.5, 0.6) is 0 Å². The zero-order valence-corrected chi connectivity index (χ0v) is 9.16. The zero-order valence-electron chi connectivity index (χ0n) is 9.16. The average Bonchev–Trinajstić information content (AvgIpc) is 2.12. The van der Waals surface area contributed by atoms with E-state index in [9.17, 15) is 4.79 Å². The van der Waals surface area contributed by atoms with Gasteiger partial charge in [0.05, 0.1) is 12.2 Å². The molecule has 1 saturated heterocycles. The largest absolute Gasteiger partial charge is 0.372 e. The summed E-state index contributed by atoms with van der Waals surface area (Å²) < 4.78 is 10.6. The molecule has 0 aliphatic carbocycles. The molecule has 0 radical (unpaired) electrons. The molecule has 1 aliphatic heterocycles. The van der Waals surface area contributed by atoms with Gasteiger partial charge in [-0.25, -0.2) is 0 Å². The van der Waals surface area contributed by atoms with E-state index in [0.717, 1.165) is 0 Å². The van der Waals surface area contributed by atoms with Crippen LogP contribution in [0, 0.1) is 0 Å². The first-order valence-electron chi connectivity index (χ1n) is 5.14. The van der Waals surface area contributed by atoms with Crippen molar-refractivity contribution in [1.82, 2.24) is 4.90 Å². The third-order valence-corrected chi connectivity index (χ3v) is 2.20. The van der Waals surface area contributed by atoms with Crippen molar-refractivity contribution >= 4 is 5.91 Å². The molecule has 1 aliphatic rings. The van der Waals surface area contributed by atoms with Crippen molar-refractivity contribution in [3.05, 3.63) is 0 Å². The van der Waals surface area contributed by atoms with Crippen LogP contribution in [0.15, 0.2) is 0 Å². The Morgan fingerprint density at radius 1 is 1.43 bits per heavy atom. The van der Waals surface area contributed by atoms with Crippen LogP contribution in [0.4, 0.5) is 0 Å². The zero-order chi connectivity index (χ0) is 10.6. The van der Waals surface area contributed by atoms with Gasteiger partial charge in [-0.05, 0) is 20.8 Å². The summed E-state index contributed by atoms with van der Waals surface area (Å²) in [6, 6.07) is 0. The van der Waals surface area contributed by atoms with Gasteiger partial charge in [0.25, 0.3) is 0 Å². The Morgan fingerprint density at radius 3 is 2.50 bits per heavy atom. The number of morpholine rings is 1. The molecule has 82 valence electrons. The highest BCUT2D eigenvalue weighted by atomic mass is 16.5. The quantitative estimate of drug-likeness (QED) is 0.673. The highest BCUT2D eigenvalue weighted by Crippen LogP contribution is 2.10. The van der Waals surface area contributed by atoms with E-state index in [1.54, 1.807) is 0 Å². The summed E-state index contributed by atoms with van der Waals surface area (Å²) in [7, 11) is 0. The Hall–Kier alpha value is -0.610. The number of hydrogen-bond acceptors (Lipinski definition) is 3. The molecule has 0 spiro atoms. The Bertz CT molecular complexity index is 186. The van der Waals surface area contributed by atoms with Crippen molar-refractivity contribution in [3.8, 4) is 0 Å². The van der Waals surface area contributed by atoms with Gasteiger partial charge in [0.1, 0.15) is 6.61 Å². The van der Waals surface area contributed by atoms with E-state index in [-0.39, 0.29) is 24.7 Å². The second-order valence-electron chi connectivity index (χ2n) is 3.69. The standard InChI is InChI=1S/C10H19NO3/c1-4-13-7-10(12)11-5-8(2)14-9(3)6-11/h8-9H,4-7H2,1-3H3/t8-,9+. The monoisotopic (exact) mass is 201 g/mol. The van der Waals surface area contributed by atoms with Gasteiger partial charge in [0.2, 0.25) is 5.91 Å². The van der Waals surface area contributed by atoms with E-state index in [1.807, 2.05) is 25.7 Å². The molecule has 4 nitrogen and oxygen atoms in total. The third kappa shape index (κ3) is 3.27. The van der Waals surface area contributed by atoms with Gasteiger partial charge < -0.3 is 14.4 Å². The molecule has 4 heteroatoms. The molecular weight excluding hydrogens is 182 g/mol. The van der Waals surface area contributed by atoms with E-state index < -0.39 is 0 Å². The van der Waals surface area contributed by atoms with Gasteiger partial charge >= 0.3 is 0 Å².